The topological polar surface area (TPSA) is 113 Å². The number of nitrogens with two attached hydrogens (primary N) is 1. The van der Waals surface area contributed by atoms with Gasteiger partial charge in [0.25, 0.3) is 4.38 Å². The van der Waals surface area contributed by atoms with Crippen molar-refractivity contribution in [3.63, 3.8) is 0 Å². The molecule has 6 nitrogen and oxygen atoms in total. The zero-order valence-electron chi connectivity index (χ0n) is 4.05. The summed E-state index contributed by atoms with van der Waals surface area (Å²) in [6.45, 7) is 0. The van der Waals surface area contributed by atoms with Gasteiger partial charge in [-0.25, -0.2) is 8.42 Å². The second kappa shape index (κ2) is 3.67. The molecular formula is CH4N2O4S2. The van der Waals surface area contributed by atoms with E-state index in [4.69, 9.17) is 9.11 Å². The molecule has 8 heteroatoms. The number of nitrogens with zero attached hydrogens (tertiary/aromatic N) is 1. The summed E-state index contributed by atoms with van der Waals surface area (Å²) >= 11 is -5.12. The summed E-state index contributed by atoms with van der Waals surface area (Å²) in [7, 11) is 0. The van der Waals surface area contributed by atoms with E-state index in [1.54, 1.807) is 0 Å². The SMILES string of the molecule is NN=C(S(=O)O)S(=O)O. The van der Waals surface area contributed by atoms with Gasteiger partial charge in [-0.3, -0.25) is 0 Å². The molecule has 0 amide bonds. The molecule has 0 radical (unpaired) electrons. The first-order valence-electron chi connectivity index (χ1n) is 1.59. The molecule has 2 unspecified atom stereocenters. The predicted octanol–water partition coefficient (Wildman–Crippen LogP) is -1.34. The predicted molar refractivity (Wildman–Crippen MR) is 33.2 cm³/mol. The Morgan fingerprint density at radius 1 is 1.33 bits per heavy atom. The highest BCUT2D eigenvalue weighted by atomic mass is 32.3. The maximum absolute atomic E-state index is 9.92. The first-order chi connectivity index (χ1) is 4.09. The highest BCUT2D eigenvalue weighted by Crippen LogP contribution is 1.85. The smallest absolute Gasteiger partial charge is 0.265 e. The average Bonchev–Trinajstić information content (AvgIpc) is 1.64. The van der Waals surface area contributed by atoms with Gasteiger partial charge in [-0.2, -0.15) is 5.10 Å². The van der Waals surface area contributed by atoms with Crippen LogP contribution in [-0.2, 0) is 22.2 Å². The van der Waals surface area contributed by atoms with E-state index < -0.39 is 26.5 Å². The normalized spacial score (nSPS) is 16.2. The van der Waals surface area contributed by atoms with E-state index in [1.165, 1.54) is 0 Å². The lowest BCUT2D eigenvalue weighted by molar-refractivity contribution is 0.571. The van der Waals surface area contributed by atoms with Crippen molar-refractivity contribution in [3.05, 3.63) is 0 Å². The van der Waals surface area contributed by atoms with E-state index >= 15 is 0 Å². The summed E-state index contributed by atoms with van der Waals surface area (Å²) in [5.74, 6) is 4.46. The van der Waals surface area contributed by atoms with Gasteiger partial charge in [0.15, 0.2) is 0 Å². The molecule has 0 aliphatic carbocycles. The number of hydrazone groups is 1. The molecule has 0 aromatic heterocycles. The Balaban J connectivity index is 4.38. The van der Waals surface area contributed by atoms with Gasteiger partial charge in [-0.1, -0.05) is 0 Å². The van der Waals surface area contributed by atoms with Gasteiger partial charge in [0.1, 0.15) is 0 Å². The summed E-state index contributed by atoms with van der Waals surface area (Å²) in [4.78, 5) is 0. The van der Waals surface area contributed by atoms with Gasteiger partial charge in [0.2, 0.25) is 22.2 Å². The molecule has 2 atom stereocenters. The largest absolute Gasteiger partial charge is 0.321 e. The fourth-order valence-electron chi connectivity index (χ4n) is 0.151. The van der Waals surface area contributed by atoms with E-state index in [2.05, 4.69) is 10.9 Å². The second-order valence-corrected chi connectivity index (χ2v) is 2.92. The molecule has 9 heavy (non-hydrogen) atoms. The number of hydrogen-bond donors (Lipinski definition) is 3. The quantitative estimate of drug-likeness (QED) is 0.137. The summed E-state index contributed by atoms with van der Waals surface area (Å²) < 4.78 is 35.2. The summed E-state index contributed by atoms with van der Waals surface area (Å²) in [5, 5.41) is 2.60. The standard InChI is InChI=1S/CH4N2O4S2/c2-3-1(8(4)5)9(6)7/h2H2,(H,4,5)(H,6,7). The van der Waals surface area contributed by atoms with Crippen LogP contribution in [0.15, 0.2) is 5.10 Å². The molecule has 0 rings (SSSR count). The Labute approximate surface area is 55.7 Å². The van der Waals surface area contributed by atoms with Crippen LogP contribution in [0, 0.1) is 0 Å². The lowest BCUT2D eigenvalue weighted by atomic mass is 11.7. The lowest BCUT2D eigenvalue weighted by Gasteiger charge is -1.89. The summed E-state index contributed by atoms with van der Waals surface area (Å²) in [5.41, 5.74) is 0. The number of hydrogen-bond acceptors (Lipinski definition) is 4. The maximum atomic E-state index is 9.92. The van der Waals surface area contributed by atoms with Crippen LogP contribution in [0.2, 0.25) is 0 Å². The lowest BCUT2D eigenvalue weighted by Crippen LogP contribution is -2.14. The molecule has 0 saturated carbocycles. The van der Waals surface area contributed by atoms with E-state index in [-0.39, 0.29) is 0 Å². The van der Waals surface area contributed by atoms with Crippen LogP contribution in [0.1, 0.15) is 0 Å². The van der Waals surface area contributed by atoms with Gasteiger partial charge in [0.05, 0.1) is 0 Å². The van der Waals surface area contributed by atoms with Crippen LogP contribution in [0.5, 0.6) is 0 Å². The minimum atomic E-state index is -2.56. The van der Waals surface area contributed by atoms with Crippen LogP contribution in [0.4, 0.5) is 0 Å². The van der Waals surface area contributed by atoms with E-state index in [0.29, 0.717) is 0 Å². The van der Waals surface area contributed by atoms with Crippen molar-refractivity contribution in [2.45, 2.75) is 0 Å². The Bertz CT molecular complexity index is 159. The van der Waals surface area contributed by atoms with Gasteiger partial charge in [0, 0.05) is 0 Å². The Hall–Kier alpha value is -0.310. The van der Waals surface area contributed by atoms with Crippen molar-refractivity contribution in [2.75, 3.05) is 0 Å². The fourth-order valence-corrected chi connectivity index (χ4v) is 0.819. The molecule has 4 N–H and O–H groups in total. The van der Waals surface area contributed by atoms with Crippen molar-refractivity contribution in [3.8, 4) is 0 Å². The second-order valence-electron chi connectivity index (χ2n) is 0.893. The maximum Gasteiger partial charge on any atom is 0.265 e. The van der Waals surface area contributed by atoms with E-state index in [1.807, 2.05) is 0 Å². The average molecular weight is 172 g/mol. The fraction of sp³-hybridized carbons (Fsp3) is 0. The van der Waals surface area contributed by atoms with E-state index in [0.717, 1.165) is 0 Å². The third kappa shape index (κ3) is 2.65. The molecule has 0 aromatic carbocycles. The molecule has 0 saturated heterocycles. The molecule has 0 aromatic rings. The van der Waals surface area contributed by atoms with Crippen molar-refractivity contribution < 1.29 is 17.5 Å². The van der Waals surface area contributed by atoms with Crippen LogP contribution in [-0.4, -0.2) is 21.9 Å². The molecular weight excluding hydrogens is 168 g/mol. The Morgan fingerprint density at radius 3 is 1.67 bits per heavy atom. The minimum Gasteiger partial charge on any atom is -0.321 e. The summed E-state index contributed by atoms with van der Waals surface area (Å²) in [6, 6.07) is 0. The van der Waals surface area contributed by atoms with Gasteiger partial charge in [-0.15, -0.1) is 0 Å². The minimum absolute atomic E-state index is 0.852. The van der Waals surface area contributed by atoms with Gasteiger partial charge >= 0.3 is 0 Å². The zero-order valence-corrected chi connectivity index (χ0v) is 5.68. The van der Waals surface area contributed by atoms with Crippen molar-refractivity contribution in [1.82, 2.24) is 0 Å². The molecule has 0 spiro atoms. The highest BCUT2D eigenvalue weighted by Gasteiger charge is 2.12. The molecule has 0 heterocycles. The molecule has 54 valence electrons. The Morgan fingerprint density at radius 2 is 1.67 bits per heavy atom. The third-order valence-corrected chi connectivity index (χ3v) is 2.07. The first-order valence-corrected chi connectivity index (χ1v) is 3.80. The molecule has 0 aliphatic heterocycles. The van der Waals surface area contributed by atoms with E-state index in [9.17, 15) is 8.42 Å². The van der Waals surface area contributed by atoms with Crippen molar-refractivity contribution >= 4 is 26.5 Å². The summed E-state index contributed by atoms with van der Waals surface area (Å²) in [6.07, 6.45) is 0. The zero-order chi connectivity index (χ0) is 7.44. The van der Waals surface area contributed by atoms with Gasteiger partial charge in [-0.05, 0) is 0 Å². The monoisotopic (exact) mass is 172 g/mol. The molecule has 0 aliphatic rings. The van der Waals surface area contributed by atoms with Crippen LogP contribution in [0.25, 0.3) is 0 Å². The van der Waals surface area contributed by atoms with Crippen molar-refractivity contribution in [1.29, 1.82) is 0 Å². The molecule has 0 bridgehead atoms. The number of rotatable bonds is 0. The Kier molecular flexibility index (Phi) is 3.54. The first kappa shape index (κ1) is 8.69. The molecule has 0 fully saturated rings. The van der Waals surface area contributed by atoms with Gasteiger partial charge < -0.3 is 14.9 Å². The van der Waals surface area contributed by atoms with Crippen LogP contribution < -0.4 is 5.84 Å². The van der Waals surface area contributed by atoms with Crippen molar-refractivity contribution in [2.24, 2.45) is 10.9 Å². The van der Waals surface area contributed by atoms with Crippen LogP contribution >= 0.6 is 0 Å². The third-order valence-electron chi connectivity index (χ3n) is 0.404. The highest BCUT2D eigenvalue weighted by molar-refractivity contribution is 8.21. The van der Waals surface area contributed by atoms with Crippen LogP contribution in [0.3, 0.4) is 0 Å².